The molecule has 27 heavy (non-hydrogen) atoms. The quantitative estimate of drug-likeness (QED) is 0.562. The molecule has 0 heterocycles. The van der Waals surface area contributed by atoms with Crippen LogP contribution in [-0.4, -0.2) is 35.1 Å². The van der Waals surface area contributed by atoms with Crippen LogP contribution < -0.4 is 18.1 Å². The summed E-state index contributed by atoms with van der Waals surface area (Å²) in [5, 5.41) is 10.2. The van der Waals surface area contributed by atoms with Gasteiger partial charge in [0.2, 0.25) is 0 Å². The Labute approximate surface area is 173 Å². The number of rotatable bonds is 9. The average molecular weight is 438 g/mol. The van der Waals surface area contributed by atoms with E-state index in [1.807, 2.05) is 26.0 Å². The molecule has 8 heteroatoms. The number of thioether (sulfide) groups is 1. The summed E-state index contributed by atoms with van der Waals surface area (Å²) in [6, 6.07) is 5.85. The molecule has 2 atom stereocenters. The summed E-state index contributed by atoms with van der Waals surface area (Å²) in [6.07, 6.45) is 2.77. The molecule has 1 aromatic carbocycles. The largest absolute Gasteiger partial charge is 1.00 e. The first-order valence-corrected chi connectivity index (χ1v) is 12.3. The number of halogens is 1. The zero-order valence-electron chi connectivity index (χ0n) is 16.7. The summed E-state index contributed by atoms with van der Waals surface area (Å²) in [7, 11) is -3.07. The fraction of sp³-hybridized carbons (Fsp3) is 0.684. The highest BCUT2D eigenvalue weighted by molar-refractivity contribution is 8.05. The molecule has 0 amide bonds. The van der Waals surface area contributed by atoms with E-state index in [2.05, 4.69) is 19.6 Å². The molecule has 1 aliphatic rings. The summed E-state index contributed by atoms with van der Waals surface area (Å²) in [6.45, 7) is 8.81. The van der Waals surface area contributed by atoms with Gasteiger partial charge in [-0.2, -0.15) is 0 Å². The van der Waals surface area contributed by atoms with Gasteiger partial charge in [-0.05, 0) is 56.4 Å². The SMILES string of the molecule is CCOP(=O)(CSC1Cc2ccc(O)cc2C(CC)(CC)C1[NH3+])OCC.[Cl-]. The normalized spacial score (nSPS) is 21.4. The highest BCUT2D eigenvalue weighted by Crippen LogP contribution is 2.53. The van der Waals surface area contributed by atoms with Crippen LogP contribution in [0, 0.1) is 0 Å². The molecule has 0 radical (unpaired) electrons. The number of phenols is 1. The molecule has 4 N–H and O–H groups in total. The van der Waals surface area contributed by atoms with Gasteiger partial charge >= 0.3 is 7.60 Å². The van der Waals surface area contributed by atoms with Crippen LogP contribution in [0.1, 0.15) is 51.7 Å². The minimum atomic E-state index is -3.07. The van der Waals surface area contributed by atoms with Crippen LogP contribution in [-0.2, 0) is 25.4 Å². The maximum atomic E-state index is 12.8. The van der Waals surface area contributed by atoms with Crippen LogP contribution in [0.15, 0.2) is 18.2 Å². The third-order valence-corrected chi connectivity index (χ3v) is 9.66. The van der Waals surface area contributed by atoms with Gasteiger partial charge < -0.3 is 32.3 Å². The van der Waals surface area contributed by atoms with Crippen molar-refractivity contribution in [3.63, 3.8) is 0 Å². The van der Waals surface area contributed by atoms with Crippen LogP contribution in [0.5, 0.6) is 5.75 Å². The van der Waals surface area contributed by atoms with Gasteiger partial charge in [0.25, 0.3) is 0 Å². The van der Waals surface area contributed by atoms with Crippen LogP contribution in [0.25, 0.3) is 0 Å². The Morgan fingerprint density at radius 2 is 1.81 bits per heavy atom. The molecule has 0 saturated heterocycles. The third kappa shape index (κ3) is 5.23. The third-order valence-electron chi connectivity index (χ3n) is 5.57. The van der Waals surface area contributed by atoms with E-state index in [0.29, 0.717) is 24.5 Å². The highest BCUT2D eigenvalue weighted by atomic mass is 35.5. The highest BCUT2D eigenvalue weighted by Gasteiger charge is 2.48. The minimum Gasteiger partial charge on any atom is -1.00 e. The molecule has 0 aliphatic heterocycles. The monoisotopic (exact) mass is 437 g/mol. The van der Waals surface area contributed by atoms with Gasteiger partial charge in [0.05, 0.1) is 24.0 Å². The van der Waals surface area contributed by atoms with E-state index in [9.17, 15) is 9.67 Å². The van der Waals surface area contributed by atoms with Crippen molar-refractivity contribution in [3.8, 4) is 5.75 Å². The number of fused-ring (bicyclic) bond motifs is 1. The lowest BCUT2D eigenvalue weighted by Crippen LogP contribution is -3.00. The molecule has 1 aromatic rings. The van der Waals surface area contributed by atoms with Crippen molar-refractivity contribution in [2.45, 2.75) is 63.7 Å². The second kappa shape index (κ2) is 10.5. The zero-order chi connectivity index (χ0) is 19.4. The molecule has 2 rings (SSSR count). The first kappa shape index (κ1) is 24.8. The molecule has 156 valence electrons. The van der Waals surface area contributed by atoms with Crippen molar-refractivity contribution in [2.24, 2.45) is 0 Å². The predicted molar refractivity (Wildman–Crippen MR) is 108 cm³/mol. The zero-order valence-corrected chi connectivity index (χ0v) is 19.2. The van der Waals surface area contributed by atoms with E-state index in [-0.39, 0.29) is 29.1 Å². The Balaban J connectivity index is 0.00000364. The number of quaternary nitrogens is 1. The molecule has 0 aromatic heterocycles. The molecular weight excluding hydrogens is 405 g/mol. The molecular formula is C19H33ClNO4PS. The summed E-state index contributed by atoms with van der Waals surface area (Å²) < 4.78 is 23.7. The van der Waals surface area contributed by atoms with E-state index in [0.717, 1.165) is 19.3 Å². The van der Waals surface area contributed by atoms with Crippen LogP contribution in [0.2, 0.25) is 0 Å². The summed E-state index contributed by atoms with van der Waals surface area (Å²) in [4.78, 5) is 0. The number of aromatic hydroxyl groups is 1. The lowest BCUT2D eigenvalue weighted by molar-refractivity contribution is -0.439. The number of benzene rings is 1. The van der Waals surface area contributed by atoms with Crippen molar-refractivity contribution in [1.82, 2.24) is 0 Å². The Morgan fingerprint density at radius 3 is 2.33 bits per heavy atom. The summed E-state index contributed by atoms with van der Waals surface area (Å²) in [5.41, 5.74) is 7.27. The first-order chi connectivity index (χ1) is 12.4. The van der Waals surface area contributed by atoms with E-state index in [4.69, 9.17) is 9.05 Å². The standard InChI is InChI=1S/C19H32NO4PS.ClH/c1-5-19(6-2)16-12-15(21)10-9-14(16)11-17(18(19)20)26-13-25(22,23-7-3)24-8-4;/h9-10,12,17-18,21H,5-8,11,13,20H2,1-4H3;1H. The molecule has 0 saturated carbocycles. The van der Waals surface area contributed by atoms with Crippen molar-refractivity contribution in [2.75, 3.05) is 18.7 Å². The average Bonchev–Trinajstić information content (AvgIpc) is 2.61. The summed E-state index contributed by atoms with van der Waals surface area (Å²) >= 11 is 1.66. The van der Waals surface area contributed by atoms with Crippen LogP contribution in [0.3, 0.4) is 0 Å². The number of hydrogen-bond donors (Lipinski definition) is 2. The predicted octanol–water partition coefficient (Wildman–Crippen LogP) is 0.946. The van der Waals surface area contributed by atoms with Crippen LogP contribution >= 0.6 is 19.4 Å². The molecule has 2 unspecified atom stereocenters. The van der Waals surface area contributed by atoms with Gasteiger partial charge in [0.1, 0.15) is 11.8 Å². The second-order valence-electron chi connectivity index (χ2n) is 6.80. The van der Waals surface area contributed by atoms with Gasteiger partial charge in [0, 0.05) is 5.41 Å². The van der Waals surface area contributed by atoms with Crippen LogP contribution in [0.4, 0.5) is 0 Å². The molecule has 0 spiro atoms. The van der Waals surface area contributed by atoms with E-state index < -0.39 is 7.60 Å². The second-order valence-corrected chi connectivity index (χ2v) is 10.5. The number of phenolic OH excluding ortho intramolecular Hbond substituents is 1. The van der Waals surface area contributed by atoms with Gasteiger partial charge in [-0.25, -0.2) is 0 Å². The van der Waals surface area contributed by atoms with E-state index in [1.54, 1.807) is 17.8 Å². The Morgan fingerprint density at radius 1 is 1.22 bits per heavy atom. The van der Waals surface area contributed by atoms with E-state index in [1.165, 1.54) is 11.1 Å². The molecule has 0 fully saturated rings. The maximum Gasteiger partial charge on any atom is 0.340 e. The minimum absolute atomic E-state index is 0. The van der Waals surface area contributed by atoms with Gasteiger partial charge in [-0.15, -0.1) is 11.8 Å². The van der Waals surface area contributed by atoms with E-state index >= 15 is 0 Å². The maximum absolute atomic E-state index is 12.8. The van der Waals surface area contributed by atoms with Gasteiger partial charge in [-0.1, -0.05) is 19.9 Å². The Hall–Kier alpha value is -0.230. The molecule has 5 nitrogen and oxygen atoms in total. The van der Waals surface area contributed by atoms with Crippen molar-refractivity contribution in [3.05, 3.63) is 29.3 Å². The smallest absolute Gasteiger partial charge is 0.340 e. The lowest BCUT2D eigenvalue weighted by Gasteiger charge is -2.44. The van der Waals surface area contributed by atoms with Gasteiger partial charge in [0.15, 0.2) is 0 Å². The van der Waals surface area contributed by atoms with Crippen molar-refractivity contribution >= 4 is 19.4 Å². The Kier molecular flexibility index (Phi) is 9.66. The Bertz CT molecular complexity index is 647. The van der Waals surface area contributed by atoms with Crippen molar-refractivity contribution < 1.29 is 36.9 Å². The summed E-state index contributed by atoms with van der Waals surface area (Å²) in [5.74, 6) is 0.311. The lowest BCUT2D eigenvalue weighted by atomic mass is 9.63. The number of hydrogen-bond acceptors (Lipinski definition) is 5. The molecule has 0 bridgehead atoms. The fourth-order valence-electron chi connectivity index (χ4n) is 4.14. The van der Waals surface area contributed by atoms with Gasteiger partial charge in [-0.3, -0.25) is 4.57 Å². The topological polar surface area (TPSA) is 83.4 Å². The van der Waals surface area contributed by atoms with Crippen molar-refractivity contribution in [1.29, 1.82) is 0 Å². The first-order valence-electron chi connectivity index (χ1n) is 9.50. The fourth-order valence-corrected chi connectivity index (χ4v) is 7.89. The molecule has 1 aliphatic carbocycles.